The van der Waals surface area contributed by atoms with Crippen molar-refractivity contribution >= 4 is 23.3 Å². The number of benzene rings is 2. The van der Waals surface area contributed by atoms with Crippen molar-refractivity contribution in [1.29, 1.82) is 0 Å². The van der Waals surface area contributed by atoms with Gasteiger partial charge in [0.2, 0.25) is 5.82 Å². The number of hydrogen-bond donors (Lipinski definition) is 1. The minimum absolute atomic E-state index is 0.194. The van der Waals surface area contributed by atoms with Gasteiger partial charge in [0, 0.05) is 18.5 Å². The number of hydrogen-bond acceptors (Lipinski definition) is 7. The molecule has 1 N–H and O–H groups in total. The number of ether oxygens (including phenoxy) is 2. The molecule has 0 fully saturated rings. The van der Waals surface area contributed by atoms with Gasteiger partial charge in [-0.05, 0) is 29.8 Å². The zero-order chi connectivity index (χ0) is 19.2. The standard InChI is InChI=1S/C19H20N4O3S/c1-23-18(24)17(20-14-7-5-4-6-8-14)21-22-19(23)27-12-13-9-10-15(25-2)16(11-13)26-3/h4-11H,12H2,1-3H3,(H,20,21). The Morgan fingerprint density at radius 2 is 1.78 bits per heavy atom. The maximum Gasteiger partial charge on any atom is 0.297 e. The minimum atomic E-state index is -0.233. The smallest absolute Gasteiger partial charge is 0.297 e. The van der Waals surface area contributed by atoms with Crippen LogP contribution in [0.2, 0.25) is 0 Å². The van der Waals surface area contributed by atoms with Gasteiger partial charge >= 0.3 is 0 Å². The van der Waals surface area contributed by atoms with Crippen LogP contribution in [-0.4, -0.2) is 29.0 Å². The summed E-state index contributed by atoms with van der Waals surface area (Å²) in [6.07, 6.45) is 0. The van der Waals surface area contributed by atoms with Gasteiger partial charge in [-0.25, -0.2) is 0 Å². The molecular weight excluding hydrogens is 364 g/mol. The van der Waals surface area contributed by atoms with E-state index in [2.05, 4.69) is 15.5 Å². The van der Waals surface area contributed by atoms with E-state index in [1.54, 1.807) is 21.3 Å². The number of thioether (sulfide) groups is 1. The van der Waals surface area contributed by atoms with Crippen molar-refractivity contribution in [2.75, 3.05) is 19.5 Å². The van der Waals surface area contributed by atoms with Crippen molar-refractivity contribution in [3.05, 3.63) is 64.4 Å². The normalized spacial score (nSPS) is 10.5. The zero-order valence-corrected chi connectivity index (χ0v) is 16.1. The summed E-state index contributed by atoms with van der Waals surface area (Å²) in [5.41, 5.74) is 1.58. The third-order valence-electron chi connectivity index (χ3n) is 3.88. The highest BCUT2D eigenvalue weighted by Crippen LogP contribution is 2.30. The van der Waals surface area contributed by atoms with Crippen molar-refractivity contribution in [2.45, 2.75) is 10.9 Å². The van der Waals surface area contributed by atoms with E-state index >= 15 is 0 Å². The van der Waals surface area contributed by atoms with E-state index in [9.17, 15) is 4.79 Å². The van der Waals surface area contributed by atoms with E-state index in [0.717, 1.165) is 11.3 Å². The largest absolute Gasteiger partial charge is 0.493 e. The average molecular weight is 384 g/mol. The van der Waals surface area contributed by atoms with Crippen molar-refractivity contribution in [3.63, 3.8) is 0 Å². The molecule has 0 saturated carbocycles. The summed E-state index contributed by atoms with van der Waals surface area (Å²) < 4.78 is 12.1. The molecular formula is C19H20N4O3S. The van der Waals surface area contributed by atoms with Gasteiger partial charge in [0.25, 0.3) is 5.56 Å². The molecule has 2 aromatic carbocycles. The van der Waals surface area contributed by atoms with Crippen molar-refractivity contribution in [2.24, 2.45) is 7.05 Å². The first kappa shape index (κ1) is 18.8. The fourth-order valence-electron chi connectivity index (χ4n) is 2.43. The Morgan fingerprint density at radius 1 is 1.04 bits per heavy atom. The van der Waals surface area contributed by atoms with Crippen LogP contribution in [0.15, 0.2) is 58.5 Å². The van der Waals surface area contributed by atoms with Gasteiger partial charge in [0.15, 0.2) is 16.7 Å². The van der Waals surface area contributed by atoms with Gasteiger partial charge in [-0.1, -0.05) is 36.0 Å². The van der Waals surface area contributed by atoms with Crippen molar-refractivity contribution in [3.8, 4) is 11.5 Å². The van der Waals surface area contributed by atoms with Gasteiger partial charge in [-0.2, -0.15) is 0 Å². The van der Waals surface area contributed by atoms with E-state index in [4.69, 9.17) is 9.47 Å². The van der Waals surface area contributed by atoms with Gasteiger partial charge in [0.05, 0.1) is 14.2 Å². The molecule has 0 spiro atoms. The summed E-state index contributed by atoms with van der Waals surface area (Å²) in [5, 5.41) is 11.8. The highest BCUT2D eigenvalue weighted by Gasteiger charge is 2.11. The molecule has 0 radical (unpaired) electrons. The van der Waals surface area contributed by atoms with Crippen LogP contribution in [0.1, 0.15) is 5.56 Å². The molecule has 7 nitrogen and oxygen atoms in total. The number of anilines is 2. The van der Waals surface area contributed by atoms with Gasteiger partial charge in [0.1, 0.15) is 0 Å². The molecule has 0 saturated heterocycles. The van der Waals surface area contributed by atoms with Crippen LogP contribution < -0.4 is 20.3 Å². The number of aromatic nitrogens is 3. The molecule has 0 unspecified atom stereocenters. The van der Waals surface area contributed by atoms with E-state index in [1.807, 2.05) is 48.5 Å². The topological polar surface area (TPSA) is 78.3 Å². The molecule has 140 valence electrons. The molecule has 8 heteroatoms. The summed E-state index contributed by atoms with van der Waals surface area (Å²) in [4.78, 5) is 12.5. The number of rotatable bonds is 7. The predicted molar refractivity (Wildman–Crippen MR) is 106 cm³/mol. The van der Waals surface area contributed by atoms with Crippen molar-refractivity contribution < 1.29 is 9.47 Å². The Bertz CT molecular complexity index is 976. The quantitative estimate of drug-likeness (QED) is 0.627. The molecule has 1 aromatic heterocycles. The average Bonchev–Trinajstić information content (AvgIpc) is 2.71. The summed E-state index contributed by atoms with van der Waals surface area (Å²) in [6, 6.07) is 15.1. The molecule has 1 heterocycles. The molecule has 3 rings (SSSR count). The Labute approximate surface area is 161 Å². The van der Waals surface area contributed by atoms with Gasteiger partial charge < -0.3 is 14.8 Å². The van der Waals surface area contributed by atoms with Crippen LogP contribution in [0.4, 0.5) is 11.5 Å². The molecule has 3 aromatic rings. The lowest BCUT2D eigenvalue weighted by Crippen LogP contribution is -2.24. The number of para-hydroxylation sites is 1. The van der Waals surface area contributed by atoms with E-state index in [1.165, 1.54) is 16.3 Å². The lowest BCUT2D eigenvalue weighted by molar-refractivity contribution is 0.354. The number of methoxy groups -OCH3 is 2. The van der Waals surface area contributed by atoms with Crippen molar-refractivity contribution in [1.82, 2.24) is 14.8 Å². The third kappa shape index (κ3) is 4.40. The van der Waals surface area contributed by atoms with E-state index < -0.39 is 0 Å². The second kappa shape index (κ2) is 8.59. The first-order valence-electron chi connectivity index (χ1n) is 8.22. The second-order valence-electron chi connectivity index (χ2n) is 5.66. The van der Waals surface area contributed by atoms with Crippen LogP contribution in [0.25, 0.3) is 0 Å². The SMILES string of the molecule is COc1ccc(CSc2nnc(Nc3ccccc3)c(=O)n2C)cc1OC. The predicted octanol–water partition coefficient (Wildman–Crippen LogP) is 3.23. The van der Waals surface area contributed by atoms with Gasteiger partial charge in [-0.3, -0.25) is 9.36 Å². The van der Waals surface area contributed by atoms with Gasteiger partial charge in [-0.15, -0.1) is 10.2 Å². The van der Waals surface area contributed by atoms with E-state index in [0.29, 0.717) is 22.4 Å². The van der Waals surface area contributed by atoms with Crippen LogP contribution >= 0.6 is 11.8 Å². The lowest BCUT2D eigenvalue weighted by atomic mass is 10.2. The maximum absolute atomic E-state index is 12.5. The molecule has 0 amide bonds. The minimum Gasteiger partial charge on any atom is -0.493 e. The first-order chi connectivity index (χ1) is 13.1. The second-order valence-corrected chi connectivity index (χ2v) is 6.61. The lowest BCUT2D eigenvalue weighted by Gasteiger charge is -2.11. The highest BCUT2D eigenvalue weighted by molar-refractivity contribution is 7.98. The molecule has 27 heavy (non-hydrogen) atoms. The fraction of sp³-hybridized carbons (Fsp3) is 0.211. The number of nitrogens with zero attached hydrogens (tertiary/aromatic N) is 3. The maximum atomic E-state index is 12.5. The zero-order valence-electron chi connectivity index (χ0n) is 15.3. The Balaban J connectivity index is 1.74. The number of nitrogens with one attached hydrogen (secondary N) is 1. The monoisotopic (exact) mass is 384 g/mol. The van der Waals surface area contributed by atoms with Crippen LogP contribution in [0.5, 0.6) is 11.5 Å². The van der Waals surface area contributed by atoms with Crippen LogP contribution in [0.3, 0.4) is 0 Å². The van der Waals surface area contributed by atoms with E-state index in [-0.39, 0.29) is 11.4 Å². The highest BCUT2D eigenvalue weighted by atomic mass is 32.2. The molecule has 0 aliphatic heterocycles. The molecule has 0 bridgehead atoms. The molecule has 0 aliphatic carbocycles. The Hall–Kier alpha value is -3.00. The summed E-state index contributed by atoms with van der Waals surface area (Å²) in [7, 11) is 4.88. The van der Waals surface area contributed by atoms with Crippen LogP contribution in [0, 0.1) is 0 Å². The van der Waals surface area contributed by atoms with Crippen LogP contribution in [-0.2, 0) is 12.8 Å². The summed E-state index contributed by atoms with van der Waals surface area (Å²) in [6.45, 7) is 0. The summed E-state index contributed by atoms with van der Waals surface area (Å²) >= 11 is 1.43. The molecule has 0 atom stereocenters. The fourth-order valence-corrected chi connectivity index (χ4v) is 3.28. The molecule has 0 aliphatic rings. The third-order valence-corrected chi connectivity index (χ3v) is 4.97. The summed E-state index contributed by atoms with van der Waals surface area (Å²) in [5.74, 6) is 2.15. The Kier molecular flexibility index (Phi) is 5.97. The first-order valence-corrected chi connectivity index (χ1v) is 9.20. The Morgan fingerprint density at radius 3 is 2.48 bits per heavy atom.